The third kappa shape index (κ3) is 7.10. The molecule has 2 rings (SSSR count). The lowest BCUT2D eigenvalue weighted by molar-refractivity contribution is -0.0224. The normalized spacial score (nSPS) is 27.1. The van der Waals surface area contributed by atoms with Gasteiger partial charge in [0.2, 0.25) is 7.37 Å². The standard InChI is InChI=1S/C17H26Cl2NO5P/c18-14-3-1-11(5-15(14)19)7-20-8-13(21)10-26(24,25)9-12-2-4-16(22)17(23)6-12/h1,3,5,12-13,16-17,20-23H,2,4,6-10H2,(H,24,25)/t12-,13-,16+,17?/m0/s1. The maximum atomic E-state index is 12.4. The van der Waals surface area contributed by atoms with Gasteiger partial charge in [0, 0.05) is 19.3 Å². The summed E-state index contributed by atoms with van der Waals surface area (Å²) in [6.45, 7) is 0.632. The van der Waals surface area contributed by atoms with E-state index >= 15 is 0 Å². The van der Waals surface area contributed by atoms with Gasteiger partial charge in [-0.1, -0.05) is 29.3 Å². The van der Waals surface area contributed by atoms with Gasteiger partial charge < -0.3 is 25.5 Å². The van der Waals surface area contributed by atoms with Crippen molar-refractivity contribution in [1.82, 2.24) is 5.32 Å². The number of aliphatic hydroxyl groups excluding tert-OH is 3. The highest BCUT2D eigenvalue weighted by atomic mass is 35.5. The molecule has 148 valence electrons. The summed E-state index contributed by atoms with van der Waals surface area (Å²) in [4.78, 5) is 10.2. The fourth-order valence-electron chi connectivity index (χ4n) is 3.29. The molecule has 0 radical (unpaired) electrons. The molecule has 5 atom stereocenters. The Morgan fingerprint density at radius 3 is 2.58 bits per heavy atom. The van der Waals surface area contributed by atoms with E-state index < -0.39 is 25.7 Å². The Labute approximate surface area is 163 Å². The van der Waals surface area contributed by atoms with Crippen LogP contribution in [0.2, 0.25) is 10.0 Å². The molecule has 1 saturated carbocycles. The zero-order valence-electron chi connectivity index (χ0n) is 14.4. The molecule has 5 N–H and O–H groups in total. The molecule has 1 aliphatic carbocycles. The van der Waals surface area contributed by atoms with Crippen LogP contribution >= 0.6 is 30.6 Å². The minimum atomic E-state index is -3.51. The Hall–Kier alpha value is -0.170. The molecule has 26 heavy (non-hydrogen) atoms. The maximum absolute atomic E-state index is 12.4. The Kier molecular flexibility index (Phi) is 8.38. The predicted molar refractivity (Wildman–Crippen MR) is 103 cm³/mol. The first-order valence-corrected chi connectivity index (χ1v) is 11.4. The minimum absolute atomic E-state index is 0.0562. The van der Waals surface area contributed by atoms with Crippen molar-refractivity contribution < 1.29 is 24.8 Å². The number of nitrogens with one attached hydrogen (secondary N) is 1. The fourth-order valence-corrected chi connectivity index (χ4v) is 5.68. The van der Waals surface area contributed by atoms with E-state index in [2.05, 4.69) is 5.32 Å². The van der Waals surface area contributed by atoms with Crippen LogP contribution in [0.15, 0.2) is 18.2 Å². The van der Waals surface area contributed by atoms with Crippen LogP contribution in [0.4, 0.5) is 0 Å². The molecule has 1 aliphatic rings. The van der Waals surface area contributed by atoms with Crippen LogP contribution in [0.5, 0.6) is 0 Å². The Morgan fingerprint density at radius 2 is 1.92 bits per heavy atom. The van der Waals surface area contributed by atoms with E-state index in [9.17, 15) is 24.8 Å². The molecule has 0 saturated heterocycles. The highest BCUT2D eigenvalue weighted by Crippen LogP contribution is 2.46. The summed E-state index contributed by atoms with van der Waals surface area (Å²) in [5, 5.41) is 33.2. The lowest BCUT2D eigenvalue weighted by Crippen LogP contribution is -2.35. The van der Waals surface area contributed by atoms with E-state index in [0.717, 1.165) is 5.56 Å². The molecular formula is C17H26Cl2NO5P. The molecule has 0 bridgehead atoms. The Morgan fingerprint density at radius 1 is 1.19 bits per heavy atom. The van der Waals surface area contributed by atoms with E-state index in [0.29, 0.717) is 35.9 Å². The van der Waals surface area contributed by atoms with Crippen molar-refractivity contribution in [3.8, 4) is 0 Å². The lowest BCUT2D eigenvalue weighted by atomic mass is 9.87. The molecule has 1 aromatic carbocycles. The van der Waals surface area contributed by atoms with Crippen molar-refractivity contribution in [2.75, 3.05) is 18.9 Å². The number of rotatable bonds is 8. The van der Waals surface area contributed by atoms with Gasteiger partial charge in [0.05, 0.1) is 34.5 Å². The summed E-state index contributed by atoms with van der Waals surface area (Å²) < 4.78 is 12.4. The lowest BCUT2D eigenvalue weighted by Gasteiger charge is -2.31. The summed E-state index contributed by atoms with van der Waals surface area (Å²) in [5.41, 5.74) is 0.897. The molecule has 0 spiro atoms. The Bertz CT molecular complexity index is 648. The van der Waals surface area contributed by atoms with Crippen molar-refractivity contribution in [1.29, 1.82) is 0 Å². The van der Waals surface area contributed by atoms with E-state index in [4.69, 9.17) is 23.2 Å². The van der Waals surface area contributed by atoms with Gasteiger partial charge in [0.15, 0.2) is 0 Å². The molecule has 0 aromatic heterocycles. The average molecular weight is 426 g/mol. The van der Waals surface area contributed by atoms with Crippen LogP contribution in [0.3, 0.4) is 0 Å². The smallest absolute Gasteiger partial charge is 0.203 e. The predicted octanol–water partition coefficient (Wildman–Crippen LogP) is 2.24. The molecule has 9 heteroatoms. The van der Waals surface area contributed by atoms with Gasteiger partial charge in [0.25, 0.3) is 0 Å². The highest BCUT2D eigenvalue weighted by molar-refractivity contribution is 7.58. The largest absolute Gasteiger partial charge is 0.391 e. The molecule has 6 nitrogen and oxygen atoms in total. The van der Waals surface area contributed by atoms with E-state index in [1.54, 1.807) is 12.1 Å². The molecule has 1 aromatic rings. The number of hydrogen-bond donors (Lipinski definition) is 5. The second-order valence-electron chi connectivity index (χ2n) is 7.06. The first-order valence-electron chi connectivity index (χ1n) is 8.66. The maximum Gasteiger partial charge on any atom is 0.203 e. The second-order valence-corrected chi connectivity index (χ2v) is 10.3. The molecule has 1 fully saturated rings. The van der Waals surface area contributed by atoms with Gasteiger partial charge in [-0.15, -0.1) is 0 Å². The minimum Gasteiger partial charge on any atom is -0.391 e. The van der Waals surface area contributed by atoms with Crippen LogP contribution in [-0.2, 0) is 11.1 Å². The first-order chi connectivity index (χ1) is 12.2. The van der Waals surface area contributed by atoms with Crippen molar-refractivity contribution in [2.24, 2.45) is 5.92 Å². The van der Waals surface area contributed by atoms with Crippen molar-refractivity contribution in [3.63, 3.8) is 0 Å². The summed E-state index contributed by atoms with van der Waals surface area (Å²) in [7, 11) is -3.51. The molecular weight excluding hydrogens is 400 g/mol. The Balaban J connectivity index is 1.74. The molecule has 2 unspecified atom stereocenters. The van der Waals surface area contributed by atoms with Gasteiger partial charge in [0.1, 0.15) is 0 Å². The summed E-state index contributed by atoms with van der Waals surface area (Å²) in [5.74, 6) is -0.111. The quantitative estimate of drug-likeness (QED) is 0.408. The van der Waals surface area contributed by atoms with Crippen LogP contribution < -0.4 is 5.32 Å². The van der Waals surface area contributed by atoms with Crippen LogP contribution in [0.1, 0.15) is 24.8 Å². The van der Waals surface area contributed by atoms with Gasteiger partial charge in [-0.05, 0) is 42.9 Å². The third-order valence-electron chi connectivity index (χ3n) is 4.62. The highest BCUT2D eigenvalue weighted by Gasteiger charge is 2.33. The van der Waals surface area contributed by atoms with E-state index in [1.807, 2.05) is 6.07 Å². The summed E-state index contributed by atoms with van der Waals surface area (Å²) >= 11 is 11.8. The van der Waals surface area contributed by atoms with E-state index in [1.165, 1.54) is 0 Å². The van der Waals surface area contributed by atoms with Crippen molar-refractivity contribution in [2.45, 2.75) is 44.1 Å². The number of benzene rings is 1. The zero-order chi connectivity index (χ0) is 19.3. The topological polar surface area (TPSA) is 110 Å². The van der Waals surface area contributed by atoms with Gasteiger partial charge in [-0.3, -0.25) is 4.57 Å². The monoisotopic (exact) mass is 425 g/mol. The van der Waals surface area contributed by atoms with E-state index in [-0.39, 0.29) is 24.8 Å². The third-order valence-corrected chi connectivity index (χ3v) is 7.44. The fraction of sp³-hybridized carbons (Fsp3) is 0.647. The first kappa shape index (κ1) is 22.1. The summed E-state index contributed by atoms with van der Waals surface area (Å²) in [6.07, 6.45) is -1.33. The number of hydrogen-bond acceptors (Lipinski definition) is 5. The SMILES string of the molecule is O=P(O)(C[C@@H](O)CNCc1ccc(Cl)c(Cl)c1)C[C@H]1CC[C@@H](O)C(O)C1. The number of halogens is 2. The van der Waals surface area contributed by atoms with Crippen molar-refractivity contribution >= 4 is 30.6 Å². The van der Waals surface area contributed by atoms with Crippen LogP contribution in [-0.4, -0.2) is 57.4 Å². The number of aliphatic hydroxyl groups is 3. The van der Waals surface area contributed by atoms with Gasteiger partial charge in [-0.2, -0.15) is 0 Å². The summed E-state index contributed by atoms with van der Waals surface area (Å²) in [6, 6.07) is 5.23. The van der Waals surface area contributed by atoms with Crippen molar-refractivity contribution in [3.05, 3.63) is 33.8 Å². The average Bonchev–Trinajstić information content (AvgIpc) is 2.53. The van der Waals surface area contributed by atoms with Gasteiger partial charge >= 0.3 is 0 Å². The molecule has 0 heterocycles. The second kappa shape index (κ2) is 9.85. The van der Waals surface area contributed by atoms with Crippen LogP contribution in [0.25, 0.3) is 0 Å². The zero-order valence-corrected chi connectivity index (χ0v) is 16.8. The van der Waals surface area contributed by atoms with Crippen LogP contribution in [0, 0.1) is 5.92 Å². The molecule has 0 aliphatic heterocycles. The molecule has 0 amide bonds. The van der Waals surface area contributed by atoms with Gasteiger partial charge in [-0.25, -0.2) is 0 Å².